The van der Waals surface area contributed by atoms with Gasteiger partial charge in [-0.1, -0.05) is 66.7 Å². The monoisotopic (exact) mass is 280 g/mol. The number of hydrogen-bond donors (Lipinski definition) is 0. The Morgan fingerprint density at radius 3 is 1.95 bits per heavy atom. The average molecular weight is 280 g/mol. The van der Waals surface area contributed by atoms with Crippen molar-refractivity contribution < 1.29 is 4.39 Å². The van der Waals surface area contributed by atoms with Gasteiger partial charge in [0.2, 0.25) is 0 Å². The van der Waals surface area contributed by atoms with Crippen molar-refractivity contribution in [1.29, 1.82) is 0 Å². The van der Waals surface area contributed by atoms with E-state index in [0.29, 0.717) is 5.56 Å². The molecular formula is C18H14FP. The van der Waals surface area contributed by atoms with Gasteiger partial charge >= 0.3 is 0 Å². The van der Waals surface area contributed by atoms with E-state index < -0.39 is 0 Å². The van der Waals surface area contributed by atoms with E-state index in [2.05, 4.69) is 9.24 Å². The zero-order valence-electron chi connectivity index (χ0n) is 10.9. The molecule has 2 heteroatoms. The molecule has 98 valence electrons. The van der Waals surface area contributed by atoms with Gasteiger partial charge in [0.25, 0.3) is 0 Å². The molecule has 20 heavy (non-hydrogen) atoms. The van der Waals surface area contributed by atoms with E-state index in [-0.39, 0.29) is 5.82 Å². The maximum absolute atomic E-state index is 14.3. The second-order valence-electron chi connectivity index (χ2n) is 4.68. The van der Waals surface area contributed by atoms with E-state index in [1.54, 1.807) is 6.07 Å². The SMILES string of the molecule is Fc1cc(-c2ccc(P)cc2)ccc1-c1ccccc1. The molecule has 0 fully saturated rings. The molecule has 0 N–H and O–H groups in total. The summed E-state index contributed by atoms with van der Waals surface area (Å²) in [5.74, 6) is -0.191. The summed E-state index contributed by atoms with van der Waals surface area (Å²) in [5.41, 5.74) is 3.45. The predicted molar refractivity (Wildman–Crippen MR) is 86.6 cm³/mol. The molecule has 0 heterocycles. The van der Waals surface area contributed by atoms with Crippen molar-refractivity contribution in [3.05, 3.63) is 78.6 Å². The van der Waals surface area contributed by atoms with Crippen molar-refractivity contribution in [2.45, 2.75) is 0 Å². The molecule has 0 aliphatic heterocycles. The van der Waals surface area contributed by atoms with Crippen molar-refractivity contribution in [2.24, 2.45) is 0 Å². The maximum atomic E-state index is 14.3. The van der Waals surface area contributed by atoms with Gasteiger partial charge in [-0.25, -0.2) is 4.39 Å². The average Bonchev–Trinajstić information content (AvgIpc) is 2.49. The molecule has 0 spiro atoms. The van der Waals surface area contributed by atoms with Gasteiger partial charge in [-0.2, -0.15) is 0 Å². The molecule has 1 unspecified atom stereocenters. The summed E-state index contributed by atoms with van der Waals surface area (Å²) >= 11 is 0. The fourth-order valence-electron chi connectivity index (χ4n) is 2.22. The van der Waals surface area contributed by atoms with Crippen LogP contribution in [-0.2, 0) is 0 Å². The summed E-state index contributed by atoms with van der Waals surface area (Å²) in [7, 11) is 2.65. The van der Waals surface area contributed by atoms with Crippen molar-refractivity contribution in [3.8, 4) is 22.3 Å². The lowest BCUT2D eigenvalue weighted by Crippen LogP contribution is -1.90. The van der Waals surface area contributed by atoms with Crippen molar-refractivity contribution in [1.82, 2.24) is 0 Å². The zero-order valence-corrected chi connectivity index (χ0v) is 12.0. The molecule has 0 saturated carbocycles. The van der Waals surface area contributed by atoms with E-state index in [1.807, 2.05) is 66.7 Å². The summed E-state index contributed by atoms with van der Waals surface area (Å²) in [6.07, 6.45) is 0. The second-order valence-corrected chi connectivity index (χ2v) is 5.35. The number of hydrogen-bond acceptors (Lipinski definition) is 0. The Kier molecular flexibility index (Phi) is 3.62. The Hall–Kier alpha value is -1.98. The lowest BCUT2D eigenvalue weighted by Gasteiger charge is -2.07. The third-order valence-electron chi connectivity index (χ3n) is 3.30. The van der Waals surface area contributed by atoms with E-state index in [1.165, 1.54) is 0 Å². The lowest BCUT2D eigenvalue weighted by atomic mass is 10.00. The number of benzene rings is 3. The lowest BCUT2D eigenvalue weighted by molar-refractivity contribution is 0.632. The standard InChI is InChI=1S/C18H14FP/c19-18-12-15(13-6-9-16(20)10-7-13)8-11-17(18)14-4-2-1-3-5-14/h1-12H,20H2. The summed E-state index contributed by atoms with van der Waals surface area (Å²) in [5, 5.41) is 1.12. The molecule has 0 radical (unpaired) electrons. The van der Waals surface area contributed by atoms with E-state index >= 15 is 0 Å². The molecule has 0 saturated heterocycles. The second kappa shape index (κ2) is 5.56. The van der Waals surface area contributed by atoms with Gasteiger partial charge in [0.05, 0.1) is 0 Å². The van der Waals surface area contributed by atoms with E-state index in [9.17, 15) is 4.39 Å². The molecule has 0 aliphatic carbocycles. The Bertz CT molecular complexity index is 718. The van der Waals surface area contributed by atoms with E-state index in [0.717, 1.165) is 22.0 Å². The number of rotatable bonds is 2. The van der Waals surface area contributed by atoms with Crippen LogP contribution in [0.4, 0.5) is 4.39 Å². The molecule has 0 nitrogen and oxygen atoms in total. The highest BCUT2D eigenvalue weighted by Gasteiger charge is 2.06. The third kappa shape index (κ3) is 2.64. The topological polar surface area (TPSA) is 0 Å². The minimum Gasteiger partial charge on any atom is -0.206 e. The van der Waals surface area contributed by atoms with Gasteiger partial charge in [-0.05, 0) is 28.1 Å². The predicted octanol–water partition coefficient (Wildman–Crippen LogP) is 4.66. The highest BCUT2D eigenvalue weighted by Crippen LogP contribution is 2.27. The summed E-state index contributed by atoms with van der Waals surface area (Å²) < 4.78 is 14.3. The van der Waals surface area contributed by atoms with Crippen LogP contribution in [0, 0.1) is 5.82 Å². The summed E-state index contributed by atoms with van der Waals surface area (Å²) in [4.78, 5) is 0. The highest BCUT2D eigenvalue weighted by molar-refractivity contribution is 7.27. The smallest absolute Gasteiger partial charge is 0.131 e. The van der Waals surface area contributed by atoms with Crippen LogP contribution in [0.2, 0.25) is 0 Å². The Morgan fingerprint density at radius 1 is 0.650 bits per heavy atom. The summed E-state index contributed by atoms with van der Waals surface area (Å²) in [6, 6.07) is 23.0. The minimum absolute atomic E-state index is 0.191. The van der Waals surface area contributed by atoms with Gasteiger partial charge in [0, 0.05) is 5.56 Å². The normalized spacial score (nSPS) is 10.5. The van der Waals surface area contributed by atoms with Crippen LogP contribution in [0.5, 0.6) is 0 Å². The molecular weight excluding hydrogens is 266 g/mol. The van der Waals surface area contributed by atoms with Crippen LogP contribution in [0.3, 0.4) is 0 Å². The fraction of sp³-hybridized carbons (Fsp3) is 0. The first kappa shape index (κ1) is 13.0. The van der Waals surface area contributed by atoms with Gasteiger partial charge in [-0.15, -0.1) is 9.24 Å². The van der Waals surface area contributed by atoms with Crippen LogP contribution in [0.25, 0.3) is 22.3 Å². The van der Waals surface area contributed by atoms with Crippen molar-refractivity contribution in [2.75, 3.05) is 0 Å². The Morgan fingerprint density at radius 2 is 1.30 bits per heavy atom. The van der Waals surface area contributed by atoms with Crippen LogP contribution in [0.15, 0.2) is 72.8 Å². The van der Waals surface area contributed by atoms with Crippen LogP contribution in [-0.4, -0.2) is 0 Å². The molecule has 0 amide bonds. The summed E-state index contributed by atoms with van der Waals surface area (Å²) in [6.45, 7) is 0. The van der Waals surface area contributed by atoms with Gasteiger partial charge < -0.3 is 0 Å². The molecule has 0 aromatic heterocycles. The van der Waals surface area contributed by atoms with Crippen LogP contribution >= 0.6 is 9.24 Å². The number of halogens is 1. The van der Waals surface area contributed by atoms with Gasteiger partial charge in [0.1, 0.15) is 5.82 Å². The molecule has 3 aromatic carbocycles. The Balaban J connectivity index is 2.01. The first-order valence-electron chi connectivity index (χ1n) is 6.45. The first-order valence-corrected chi connectivity index (χ1v) is 7.03. The highest BCUT2D eigenvalue weighted by atomic mass is 31.0. The molecule has 3 aromatic rings. The largest absolute Gasteiger partial charge is 0.206 e. The molecule has 1 atom stereocenters. The molecule has 0 bridgehead atoms. The molecule has 3 rings (SSSR count). The Labute approximate surface area is 120 Å². The minimum atomic E-state index is -0.191. The zero-order chi connectivity index (χ0) is 13.9. The third-order valence-corrected chi connectivity index (χ3v) is 3.68. The molecule has 0 aliphatic rings. The first-order chi connectivity index (χ1) is 9.74. The maximum Gasteiger partial charge on any atom is 0.131 e. The van der Waals surface area contributed by atoms with Gasteiger partial charge in [-0.3, -0.25) is 0 Å². The van der Waals surface area contributed by atoms with Crippen molar-refractivity contribution >= 4 is 14.5 Å². The van der Waals surface area contributed by atoms with Gasteiger partial charge in [0.15, 0.2) is 0 Å². The fourth-order valence-corrected chi connectivity index (χ4v) is 2.41. The van der Waals surface area contributed by atoms with E-state index in [4.69, 9.17) is 0 Å². The van der Waals surface area contributed by atoms with Crippen LogP contribution in [0.1, 0.15) is 0 Å². The van der Waals surface area contributed by atoms with Crippen LogP contribution < -0.4 is 5.30 Å². The quantitative estimate of drug-likeness (QED) is 0.599. The van der Waals surface area contributed by atoms with Crippen molar-refractivity contribution in [3.63, 3.8) is 0 Å².